The minimum Gasteiger partial charge on any atom is -0.313 e. The first-order valence-corrected chi connectivity index (χ1v) is 3.83. The van der Waals surface area contributed by atoms with E-state index in [1.54, 1.807) is 17.9 Å². The third kappa shape index (κ3) is 1.53. The zero-order valence-electron chi connectivity index (χ0n) is 7.59. The molecule has 0 bridgehead atoms. The first-order valence-electron chi connectivity index (χ1n) is 3.83. The van der Waals surface area contributed by atoms with Gasteiger partial charge in [-0.1, -0.05) is 0 Å². The molecule has 0 saturated heterocycles. The Morgan fingerprint density at radius 3 is 2.83 bits per heavy atom. The lowest BCUT2D eigenvalue weighted by atomic mass is 10.2. The van der Waals surface area contributed by atoms with Crippen LogP contribution in [-0.4, -0.2) is 29.2 Å². The average molecular weight is 167 g/mol. The molecule has 0 atom stereocenters. The van der Waals surface area contributed by atoms with E-state index in [1.807, 2.05) is 14.0 Å². The fourth-order valence-corrected chi connectivity index (χ4v) is 1.03. The molecule has 12 heavy (non-hydrogen) atoms. The highest BCUT2D eigenvalue weighted by Crippen LogP contribution is 2.05. The molecule has 0 unspecified atom stereocenters. The van der Waals surface area contributed by atoms with Crippen LogP contribution in [0.1, 0.15) is 16.1 Å². The van der Waals surface area contributed by atoms with E-state index in [-0.39, 0.29) is 5.78 Å². The van der Waals surface area contributed by atoms with Crippen molar-refractivity contribution in [1.82, 2.24) is 15.1 Å². The summed E-state index contributed by atoms with van der Waals surface area (Å²) in [5.74, 6) is 0.0862. The van der Waals surface area contributed by atoms with Crippen molar-refractivity contribution in [2.45, 2.75) is 6.92 Å². The zero-order chi connectivity index (χ0) is 9.14. The van der Waals surface area contributed by atoms with Gasteiger partial charge in [0.2, 0.25) is 0 Å². The van der Waals surface area contributed by atoms with Crippen molar-refractivity contribution in [3.8, 4) is 0 Å². The summed E-state index contributed by atoms with van der Waals surface area (Å²) in [7, 11) is 3.58. The number of Topliss-reactive ketones (excluding diaryl/α,β-unsaturated/α-hetero) is 1. The van der Waals surface area contributed by atoms with E-state index in [0.717, 1.165) is 5.69 Å². The highest BCUT2D eigenvalue weighted by Gasteiger charge is 2.10. The van der Waals surface area contributed by atoms with Gasteiger partial charge < -0.3 is 5.32 Å². The van der Waals surface area contributed by atoms with Crippen LogP contribution in [0.4, 0.5) is 0 Å². The molecule has 0 amide bonds. The molecule has 4 heteroatoms. The zero-order valence-corrected chi connectivity index (χ0v) is 7.59. The Labute approximate surface area is 71.6 Å². The molecule has 1 N–H and O–H groups in total. The number of nitrogens with zero attached hydrogens (tertiary/aromatic N) is 2. The molecule has 0 aliphatic rings. The SMILES string of the molecule is CNCC(=O)c1cnn(C)c1C. The van der Waals surface area contributed by atoms with Crippen LogP contribution in [0.2, 0.25) is 0 Å². The van der Waals surface area contributed by atoms with Crippen molar-refractivity contribution in [2.75, 3.05) is 13.6 Å². The monoisotopic (exact) mass is 167 g/mol. The number of hydrogen-bond acceptors (Lipinski definition) is 3. The summed E-state index contributed by atoms with van der Waals surface area (Å²) in [6.07, 6.45) is 1.61. The molecule has 4 nitrogen and oxygen atoms in total. The molecule has 0 aromatic carbocycles. The van der Waals surface area contributed by atoms with Crippen molar-refractivity contribution < 1.29 is 4.79 Å². The Kier molecular flexibility index (Phi) is 2.60. The predicted octanol–water partition coefficient (Wildman–Crippen LogP) is 0.131. The number of rotatable bonds is 3. The maximum Gasteiger partial charge on any atom is 0.180 e. The summed E-state index contributed by atoms with van der Waals surface area (Å²) in [5.41, 5.74) is 1.61. The maximum absolute atomic E-state index is 11.4. The standard InChI is InChI=1S/C8H13N3O/c1-6-7(4-10-11(6)3)8(12)5-9-2/h4,9H,5H2,1-3H3. The molecular formula is C8H13N3O. The lowest BCUT2D eigenvalue weighted by Gasteiger charge is -1.98. The van der Waals surface area contributed by atoms with E-state index in [2.05, 4.69) is 10.4 Å². The van der Waals surface area contributed by atoms with Gasteiger partial charge in [-0.2, -0.15) is 5.10 Å². The molecule has 1 aromatic heterocycles. The first-order chi connectivity index (χ1) is 5.66. The number of ketones is 1. The van der Waals surface area contributed by atoms with Gasteiger partial charge in [-0.05, 0) is 14.0 Å². The molecule has 66 valence electrons. The van der Waals surface area contributed by atoms with Crippen LogP contribution in [0.3, 0.4) is 0 Å². The fraction of sp³-hybridized carbons (Fsp3) is 0.500. The summed E-state index contributed by atoms with van der Waals surface area (Å²) in [5, 5.41) is 6.80. The number of carbonyl (C=O) groups excluding carboxylic acids is 1. The molecular weight excluding hydrogens is 154 g/mol. The van der Waals surface area contributed by atoms with Crippen LogP contribution in [0.25, 0.3) is 0 Å². The number of carbonyl (C=O) groups is 1. The van der Waals surface area contributed by atoms with E-state index in [9.17, 15) is 4.79 Å². The van der Waals surface area contributed by atoms with Crippen molar-refractivity contribution >= 4 is 5.78 Å². The Morgan fingerprint density at radius 1 is 1.75 bits per heavy atom. The van der Waals surface area contributed by atoms with Crippen LogP contribution >= 0.6 is 0 Å². The minimum atomic E-state index is 0.0862. The molecule has 1 heterocycles. The van der Waals surface area contributed by atoms with Gasteiger partial charge in [-0.3, -0.25) is 9.48 Å². The molecule has 1 rings (SSSR count). The highest BCUT2D eigenvalue weighted by molar-refractivity contribution is 5.98. The fourth-order valence-electron chi connectivity index (χ4n) is 1.03. The quantitative estimate of drug-likeness (QED) is 0.651. The van der Waals surface area contributed by atoms with Gasteiger partial charge in [-0.15, -0.1) is 0 Å². The third-order valence-electron chi connectivity index (χ3n) is 1.87. The summed E-state index contributed by atoms with van der Waals surface area (Å²) in [6, 6.07) is 0. The Balaban J connectivity index is 2.88. The molecule has 0 spiro atoms. The van der Waals surface area contributed by atoms with Crippen molar-refractivity contribution in [1.29, 1.82) is 0 Å². The van der Waals surface area contributed by atoms with Gasteiger partial charge in [-0.25, -0.2) is 0 Å². The van der Waals surface area contributed by atoms with Crippen LogP contribution in [0.15, 0.2) is 6.20 Å². The predicted molar refractivity (Wildman–Crippen MR) is 46.2 cm³/mol. The number of aryl methyl sites for hydroxylation is 1. The van der Waals surface area contributed by atoms with Gasteiger partial charge >= 0.3 is 0 Å². The van der Waals surface area contributed by atoms with E-state index in [1.165, 1.54) is 0 Å². The van der Waals surface area contributed by atoms with Crippen molar-refractivity contribution in [3.05, 3.63) is 17.5 Å². The van der Waals surface area contributed by atoms with E-state index < -0.39 is 0 Å². The number of aromatic nitrogens is 2. The number of hydrogen-bond donors (Lipinski definition) is 1. The lowest BCUT2D eigenvalue weighted by molar-refractivity contribution is 0.0993. The summed E-state index contributed by atoms with van der Waals surface area (Å²) in [4.78, 5) is 11.4. The van der Waals surface area contributed by atoms with Gasteiger partial charge in [0.15, 0.2) is 5.78 Å². The van der Waals surface area contributed by atoms with Crippen LogP contribution in [0, 0.1) is 6.92 Å². The summed E-state index contributed by atoms with van der Waals surface area (Å²) < 4.78 is 1.70. The second-order valence-electron chi connectivity index (χ2n) is 2.72. The molecule has 0 saturated carbocycles. The number of nitrogens with one attached hydrogen (secondary N) is 1. The molecule has 0 aliphatic carbocycles. The number of likely N-dealkylation sites (N-methyl/N-ethyl adjacent to an activating group) is 1. The van der Waals surface area contributed by atoms with Gasteiger partial charge in [0.05, 0.1) is 18.3 Å². The van der Waals surface area contributed by atoms with Crippen molar-refractivity contribution in [2.24, 2.45) is 7.05 Å². The van der Waals surface area contributed by atoms with Gasteiger partial charge in [0, 0.05) is 12.7 Å². The Hall–Kier alpha value is -1.16. The molecule has 1 aromatic rings. The van der Waals surface area contributed by atoms with Crippen LogP contribution in [-0.2, 0) is 7.05 Å². The van der Waals surface area contributed by atoms with Gasteiger partial charge in [0.1, 0.15) is 0 Å². The van der Waals surface area contributed by atoms with E-state index >= 15 is 0 Å². The van der Waals surface area contributed by atoms with Gasteiger partial charge in [0.25, 0.3) is 0 Å². The first kappa shape index (κ1) is 8.93. The second-order valence-corrected chi connectivity index (χ2v) is 2.72. The summed E-state index contributed by atoms with van der Waals surface area (Å²) in [6.45, 7) is 2.25. The van der Waals surface area contributed by atoms with E-state index in [4.69, 9.17) is 0 Å². The van der Waals surface area contributed by atoms with Crippen LogP contribution in [0.5, 0.6) is 0 Å². The smallest absolute Gasteiger partial charge is 0.180 e. The Morgan fingerprint density at radius 2 is 2.42 bits per heavy atom. The third-order valence-corrected chi connectivity index (χ3v) is 1.87. The topological polar surface area (TPSA) is 46.9 Å². The molecule has 0 radical (unpaired) electrons. The Bertz CT molecular complexity index is 290. The maximum atomic E-state index is 11.4. The van der Waals surface area contributed by atoms with Crippen molar-refractivity contribution in [3.63, 3.8) is 0 Å². The second kappa shape index (κ2) is 3.49. The average Bonchev–Trinajstić information content (AvgIpc) is 2.34. The highest BCUT2D eigenvalue weighted by atomic mass is 16.1. The largest absolute Gasteiger partial charge is 0.313 e. The summed E-state index contributed by atoms with van der Waals surface area (Å²) >= 11 is 0. The normalized spacial score (nSPS) is 10.2. The van der Waals surface area contributed by atoms with E-state index in [0.29, 0.717) is 12.1 Å². The molecule has 0 aliphatic heterocycles. The lowest BCUT2D eigenvalue weighted by Crippen LogP contribution is -2.18. The minimum absolute atomic E-state index is 0.0862. The molecule has 0 fully saturated rings. The van der Waals surface area contributed by atoms with Crippen LogP contribution < -0.4 is 5.32 Å².